The molecule has 15 heavy (non-hydrogen) atoms. The van der Waals surface area contributed by atoms with Crippen LogP contribution in [0.5, 0.6) is 0 Å². The second kappa shape index (κ2) is 4.24. The zero-order valence-electron chi connectivity index (χ0n) is 8.47. The topological polar surface area (TPSA) is 70.8 Å². The van der Waals surface area contributed by atoms with Crippen molar-refractivity contribution in [3.05, 3.63) is 18.0 Å². The fourth-order valence-corrected chi connectivity index (χ4v) is 1.58. The van der Waals surface area contributed by atoms with Crippen LogP contribution in [0, 0.1) is 11.3 Å². The number of nitrogens with one attached hydrogen (secondary N) is 1. The van der Waals surface area contributed by atoms with Crippen molar-refractivity contribution in [1.82, 2.24) is 9.97 Å². The van der Waals surface area contributed by atoms with Gasteiger partial charge in [0.05, 0.1) is 12.1 Å². The molecule has 5 nitrogen and oxygen atoms in total. The molecular weight excluding hydrogens is 192 g/mol. The maximum Gasteiger partial charge on any atom is 0.224 e. The van der Waals surface area contributed by atoms with Gasteiger partial charge in [0.1, 0.15) is 11.8 Å². The maximum atomic E-state index is 8.68. The fourth-order valence-electron chi connectivity index (χ4n) is 1.58. The maximum absolute atomic E-state index is 8.68. The minimum atomic E-state index is 0.166. The van der Waals surface area contributed by atoms with Gasteiger partial charge < -0.3 is 10.1 Å². The number of rotatable bonds is 2. The first kappa shape index (κ1) is 9.87. The minimum Gasteiger partial charge on any atom is -0.376 e. The van der Waals surface area contributed by atoms with E-state index in [0.29, 0.717) is 11.6 Å². The van der Waals surface area contributed by atoms with E-state index in [1.807, 2.05) is 13.0 Å². The first-order chi connectivity index (χ1) is 7.29. The van der Waals surface area contributed by atoms with Gasteiger partial charge in [-0.25, -0.2) is 9.97 Å². The molecule has 2 unspecified atom stereocenters. The zero-order chi connectivity index (χ0) is 10.7. The van der Waals surface area contributed by atoms with Crippen molar-refractivity contribution in [2.45, 2.75) is 25.5 Å². The number of nitrogens with zero attached hydrogens (tertiary/aromatic N) is 3. The molecule has 2 atom stereocenters. The molecule has 0 spiro atoms. The third kappa shape index (κ3) is 2.22. The van der Waals surface area contributed by atoms with Crippen LogP contribution < -0.4 is 5.32 Å². The number of aromatic nitrogens is 2. The van der Waals surface area contributed by atoms with Gasteiger partial charge in [-0.15, -0.1) is 0 Å². The Balaban J connectivity index is 2.07. The highest BCUT2D eigenvalue weighted by atomic mass is 16.5. The van der Waals surface area contributed by atoms with Crippen LogP contribution in [-0.4, -0.2) is 28.7 Å². The van der Waals surface area contributed by atoms with Gasteiger partial charge in [0.25, 0.3) is 0 Å². The molecule has 1 aliphatic heterocycles. The van der Waals surface area contributed by atoms with E-state index in [4.69, 9.17) is 10.00 Å². The predicted octanol–water partition coefficient (Wildman–Crippen LogP) is 0.938. The lowest BCUT2D eigenvalue weighted by Gasteiger charge is -2.15. The van der Waals surface area contributed by atoms with E-state index < -0.39 is 0 Å². The highest BCUT2D eigenvalue weighted by molar-refractivity contribution is 5.31. The van der Waals surface area contributed by atoms with E-state index >= 15 is 0 Å². The number of hydrogen-bond donors (Lipinski definition) is 1. The molecule has 0 radical (unpaired) electrons. The Kier molecular flexibility index (Phi) is 2.79. The molecule has 5 heteroatoms. The molecule has 2 heterocycles. The molecule has 1 aromatic heterocycles. The van der Waals surface area contributed by atoms with Crippen LogP contribution in [0.15, 0.2) is 12.3 Å². The molecule has 1 aromatic rings. The molecule has 78 valence electrons. The van der Waals surface area contributed by atoms with Gasteiger partial charge in [-0.3, -0.25) is 0 Å². The molecule has 0 aromatic carbocycles. The van der Waals surface area contributed by atoms with Gasteiger partial charge in [-0.2, -0.15) is 5.26 Å². The standard InChI is InChI=1S/C10H12N4O/c1-7-9(3-5-15-7)14-10-12-4-2-8(6-11)13-10/h2,4,7,9H,3,5H2,1H3,(H,12,13,14). The van der Waals surface area contributed by atoms with Crippen LogP contribution in [-0.2, 0) is 4.74 Å². The lowest BCUT2D eigenvalue weighted by Crippen LogP contribution is -2.27. The van der Waals surface area contributed by atoms with Crippen LogP contribution in [0.25, 0.3) is 0 Å². The first-order valence-corrected chi connectivity index (χ1v) is 4.91. The Morgan fingerprint density at radius 3 is 3.20 bits per heavy atom. The fraction of sp³-hybridized carbons (Fsp3) is 0.500. The van der Waals surface area contributed by atoms with Crippen LogP contribution in [0.1, 0.15) is 19.0 Å². The predicted molar refractivity (Wildman–Crippen MR) is 54.2 cm³/mol. The number of anilines is 1. The number of ether oxygens (including phenoxy) is 1. The largest absolute Gasteiger partial charge is 0.376 e. The minimum absolute atomic E-state index is 0.166. The van der Waals surface area contributed by atoms with Crippen LogP contribution in [0.2, 0.25) is 0 Å². The smallest absolute Gasteiger partial charge is 0.224 e. The van der Waals surface area contributed by atoms with Crippen molar-refractivity contribution < 1.29 is 4.74 Å². The van der Waals surface area contributed by atoms with Gasteiger partial charge >= 0.3 is 0 Å². The summed E-state index contributed by atoms with van der Waals surface area (Å²) in [6, 6.07) is 3.80. The summed E-state index contributed by atoms with van der Waals surface area (Å²) < 4.78 is 5.41. The lowest BCUT2D eigenvalue weighted by atomic mass is 10.2. The van der Waals surface area contributed by atoms with E-state index in [0.717, 1.165) is 13.0 Å². The summed E-state index contributed by atoms with van der Waals surface area (Å²) in [7, 11) is 0. The lowest BCUT2D eigenvalue weighted by molar-refractivity contribution is 0.121. The van der Waals surface area contributed by atoms with E-state index in [1.54, 1.807) is 12.3 Å². The van der Waals surface area contributed by atoms with Crippen molar-refractivity contribution in [3.8, 4) is 6.07 Å². The molecule has 0 bridgehead atoms. The second-order valence-electron chi connectivity index (χ2n) is 3.49. The Hall–Kier alpha value is -1.67. The van der Waals surface area contributed by atoms with Crippen LogP contribution in [0.3, 0.4) is 0 Å². The summed E-state index contributed by atoms with van der Waals surface area (Å²) in [5.74, 6) is 0.497. The molecule has 0 aliphatic carbocycles. The molecule has 0 saturated carbocycles. The average Bonchev–Trinajstić information content (AvgIpc) is 2.65. The summed E-state index contributed by atoms with van der Waals surface area (Å²) in [4.78, 5) is 8.11. The van der Waals surface area contributed by atoms with Gasteiger partial charge in [0.15, 0.2) is 0 Å². The summed E-state index contributed by atoms with van der Waals surface area (Å²) in [5.41, 5.74) is 0.374. The van der Waals surface area contributed by atoms with E-state index in [-0.39, 0.29) is 12.1 Å². The average molecular weight is 204 g/mol. The zero-order valence-corrected chi connectivity index (χ0v) is 8.47. The number of hydrogen-bond acceptors (Lipinski definition) is 5. The van der Waals surface area contributed by atoms with Gasteiger partial charge in [-0.1, -0.05) is 0 Å². The molecule has 1 fully saturated rings. The van der Waals surface area contributed by atoms with E-state index in [2.05, 4.69) is 15.3 Å². The van der Waals surface area contributed by atoms with Crippen molar-refractivity contribution in [3.63, 3.8) is 0 Å². The van der Waals surface area contributed by atoms with Gasteiger partial charge in [0.2, 0.25) is 5.95 Å². The van der Waals surface area contributed by atoms with E-state index in [9.17, 15) is 0 Å². The molecule has 2 rings (SSSR count). The monoisotopic (exact) mass is 204 g/mol. The molecule has 1 N–H and O–H groups in total. The summed E-state index contributed by atoms with van der Waals surface area (Å²) in [5, 5.41) is 11.8. The summed E-state index contributed by atoms with van der Waals surface area (Å²) >= 11 is 0. The Morgan fingerprint density at radius 2 is 2.53 bits per heavy atom. The van der Waals surface area contributed by atoms with Crippen molar-refractivity contribution in [1.29, 1.82) is 5.26 Å². The van der Waals surface area contributed by atoms with Crippen molar-refractivity contribution in [2.24, 2.45) is 0 Å². The highest BCUT2D eigenvalue weighted by Gasteiger charge is 2.24. The summed E-state index contributed by atoms with van der Waals surface area (Å²) in [6.45, 7) is 2.77. The SMILES string of the molecule is CC1OCCC1Nc1nccc(C#N)n1. The third-order valence-corrected chi connectivity index (χ3v) is 2.46. The molecular formula is C10H12N4O. The molecule has 0 amide bonds. The highest BCUT2D eigenvalue weighted by Crippen LogP contribution is 2.16. The second-order valence-corrected chi connectivity index (χ2v) is 3.49. The van der Waals surface area contributed by atoms with Gasteiger partial charge in [0, 0.05) is 12.8 Å². The van der Waals surface area contributed by atoms with Crippen LogP contribution in [0.4, 0.5) is 5.95 Å². The van der Waals surface area contributed by atoms with Gasteiger partial charge in [-0.05, 0) is 19.4 Å². The van der Waals surface area contributed by atoms with Crippen molar-refractivity contribution in [2.75, 3.05) is 11.9 Å². The Labute approximate surface area is 88.1 Å². The quantitative estimate of drug-likeness (QED) is 0.776. The normalized spacial score (nSPS) is 24.8. The van der Waals surface area contributed by atoms with Crippen molar-refractivity contribution >= 4 is 5.95 Å². The first-order valence-electron chi connectivity index (χ1n) is 4.91. The Morgan fingerprint density at radius 1 is 1.67 bits per heavy atom. The molecule has 1 aliphatic rings. The Bertz CT molecular complexity index is 387. The molecule has 1 saturated heterocycles. The third-order valence-electron chi connectivity index (χ3n) is 2.46. The summed E-state index contributed by atoms with van der Waals surface area (Å²) in [6.07, 6.45) is 2.69. The van der Waals surface area contributed by atoms with Crippen LogP contribution >= 0.6 is 0 Å². The number of nitriles is 1. The van der Waals surface area contributed by atoms with E-state index in [1.165, 1.54) is 0 Å².